The second kappa shape index (κ2) is 6.36. The molecule has 3 aromatic rings. The fourth-order valence-corrected chi connectivity index (χ4v) is 3.49. The van der Waals surface area contributed by atoms with Gasteiger partial charge in [-0.1, -0.05) is 25.1 Å². The Balaban J connectivity index is 2.03. The molecule has 2 heterocycles. The van der Waals surface area contributed by atoms with E-state index in [9.17, 15) is 13.2 Å². The molecule has 7 nitrogen and oxygen atoms in total. The van der Waals surface area contributed by atoms with E-state index in [4.69, 9.17) is 4.42 Å². The minimum atomic E-state index is -3.33. The minimum absolute atomic E-state index is 0.00544. The van der Waals surface area contributed by atoms with Crippen molar-refractivity contribution in [2.45, 2.75) is 19.1 Å². The van der Waals surface area contributed by atoms with Gasteiger partial charge >= 0.3 is 0 Å². The fourth-order valence-electron chi connectivity index (χ4n) is 2.68. The van der Waals surface area contributed by atoms with Crippen LogP contribution in [0.2, 0.25) is 0 Å². The van der Waals surface area contributed by atoms with Crippen molar-refractivity contribution in [3.8, 4) is 0 Å². The molecule has 0 saturated carbocycles. The molecule has 1 aromatic carbocycles. The molecule has 0 spiro atoms. The van der Waals surface area contributed by atoms with Gasteiger partial charge in [0.05, 0.1) is 11.4 Å². The first-order valence-corrected chi connectivity index (χ1v) is 9.87. The molecule has 0 aliphatic carbocycles. The van der Waals surface area contributed by atoms with Gasteiger partial charge in [0.1, 0.15) is 11.4 Å². The van der Waals surface area contributed by atoms with Crippen LogP contribution in [-0.4, -0.2) is 30.4 Å². The molecule has 8 heteroatoms. The van der Waals surface area contributed by atoms with Crippen molar-refractivity contribution in [3.05, 3.63) is 47.3 Å². The van der Waals surface area contributed by atoms with Crippen LogP contribution in [0.5, 0.6) is 0 Å². The van der Waals surface area contributed by atoms with Gasteiger partial charge in [-0.2, -0.15) is 5.10 Å². The molecule has 0 saturated heterocycles. The van der Waals surface area contributed by atoms with E-state index in [-0.39, 0.29) is 11.5 Å². The van der Waals surface area contributed by atoms with Gasteiger partial charge in [-0.3, -0.25) is 9.48 Å². The molecular weight excluding hydrogens is 342 g/mol. The number of aryl methyl sites for hydroxylation is 2. The molecule has 0 bridgehead atoms. The van der Waals surface area contributed by atoms with Crippen molar-refractivity contribution in [1.29, 1.82) is 0 Å². The van der Waals surface area contributed by atoms with E-state index >= 15 is 0 Å². The molecule has 0 unspecified atom stereocenters. The van der Waals surface area contributed by atoms with Gasteiger partial charge in [-0.15, -0.1) is 0 Å². The summed E-state index contributed by atoms with van der Waals surface area (Å²) in [6.07, 6.45) is 1.87. The number of sulfone groups is 1. The third-order valence-electron chi connectivity index (χ3n) is 3.85. The second-order valence-electron chi connectivity index (χ2n) is 5.93. The van der Waals surface area contributed by atoms with Gasteiger partial charge in [-0.05, 0) is 12.5 Å². The van der Waals surface area contributed by atoms with Crippen LogP contribution < -0.4 is 5.32 Å². The number of carbonyl (C=O) groups is 1. The highest BCUT2D eigenvalue weighted by Gasteiger charge is 2.24. The number of anilines is 1. The Morgan fingerprint density at radius 1 is 1.32 bits per heavy atom. The minimum Gasteiger partial charge on any atom is -0.451 e. The number of hydrogen-bond acceptors (Lipinski definition) is 5. The molecule has 0 radical (unpaired) electrons. The number of aromatic nitrogens is 2. The molecule has 0 atom stereocenters. The zero-order valence-electron chi connectivity index (χ0n) is 14.2. The number of para-hydroxylation sites is 1. The van der Waals surface area contributed by atoms with E-state index in [2.05, 4.69) is 10.4 Å². The SMILES string of the molecule is CCc1cc(NC(=O)c2oc3ccccc3c2CS(C)(=O)=O)n(C)n1. The molecule has 2 aromatic heterocycles. The van der Waals surface area contributed by atoms with E-state index < -0.39 is 15.7 Å². The Bertz CT molecular complexity index is 1050. The predicted octanol–water partition coefficient (Wildman–Crippen LogP) is 2.53. The number of amides is 1. The number of rotatable bonds is 5. The van der Waals surface area contributed by atoms with Crippen molar-refractivity contribution in [1.82, 2.24) is 9.78 Å². The first kappa shape index (κ1) is 17.2. The highest BCUT2D eigenvalue weighted by atomic mass is 32.2. The lowest BCUT2D eigenvalue weighted by atomic mass is 10.1. The first-order chi connectivity index (χ1) is 11.8. The number of nitrogens with one attached hydrogen (secondary N) is 1. The number of furan rings is 1. The summed E-state index contributed by atoms with van der Waals surface area (Å²) >= 11 is 0. The molecule has 0 aliphatic rings. The third-order valence-corrected chi connectivity index (χ3v) is 4.66. The van der Waals surface area contributed by atoms with Gasteiger partial charge in [0, 0.05) is 30.3 Å². The Morgan fingerprint density at radius 3 is 2.68 bits per heavy atom. The lowest BCUT2D eigenvalue weighted by molar-refractivity contribution is 0.0997. The summed E-state index contributed by atoms with van der Waals surface area (Å²) in [6.45, 7) is 1.97. The summed E-state index contributed by atoms with van der Waals surface area (Å²) < 4.78 is 30.8. The number of nitrogens with zero attached hydrogens (tertiary/aromatic N) is 2. The molecule has 0 fully saturated rings. The Kier molecular flexibility index (Phi) is 4.38. The van der Waals surface area contributed by atoms with Crippen molar-refractivity contribution >= 4 is 32.5 Å². The van der Waals surface area contributed by atoms with Crippen LogP contribution in [0.4, 0.5) is 5.82 Å². The number of hydrogen-bond donors (Lipinski definition) is 1. The standard InChI is InChI=1S/C17H19N3O4S/c1-4-11-9-15(20(2)19-11)18-17(21)16-13(10-25(3,22)23)12-7-5-6-8-14(12)24-16/h5-9H,4,10H2,1-3H3,(H,18,21). The largest absolute Gasteiger partial charge is 0.451 e. The average molecular weight is 361 g/mol. The maximum absolute atomic E-state index is 12.7. The van der Waals surface area contributed by atoms with Crippen LogP contribution in [0.15, 0.2) is 34.7 Å². The van der Waals surface area contributed by atoms with Gasteiger partial charge < -0.3 is 9.73 Å². The van der Waals surface area contributed by atoms with E-state index in [0.29, 0.717) is 22.4 Å². The predicted molar refractivity (Wildman–Crippen MR) is 95.3 cm³/mol. The monoisotopic (exact) mass is 361 g/mol. The van der Waals surface area contributed by atoms with Gasteiger partial charge in [0.15, 0.2) is 15.6 Å². The summed E-state index contributed by atoms with van der Waals surface area (Å²) in [7, 11) is -1.61. The number of fused-ring (bicyclic) bond motifs is 1. The van der Waals surface area contributed by atoms with Crippen molar-refractivity contribution < 1.29 is 17.6 Å². The molecule has 0 aliphatic heterocycles. The van der Waals surface area contributed by atoms with Crippen molar-refractivity contribution in [2.75, 3.05) is 11.6 Å². The molecular formula is C17H19N3O4S. The van der Waals surface area contributed by atoms with Gasteiger partial charge in [0.2, 0.25) is 0 Å². The summed E-state index contributed by atoms with van der Waals surface area (Å²) in [6, 6.07) is 8.77. The van der Waals surface area contributed by atoms with Crippen LogP contribution >= 0.6 is 0 Å². The van der Waals surface area contributed by atoms with E-state index in [1.165, 1.54) is 0 Å². The highest BCUT2D eigenvalue weighted by Crippen LogP contribution is 2.28. The molecule has 132 valence electrons. The first-order valence-electron chi connectivity index (χ1n) is 7.81. The zero-order chi connectivity index (χ0) is 18.2. The van der Waals surface area contributed by atoms with Crippen molar-refractivity contribution in [2.24, 2.45) is 7.05 Å². The van der Waals surface area contributed by atoms with Crippen molar-refractivity contribution in [3.63, 3.8) is 0 Å². The van der Waals surface area contributed by atoms with Crippen LogP contribution in [0.1, 0.15) is 28.7 Å². The van der Waals surface area contributed by atoms with E-state index in [0.717, 1.165) is 18.4 Å². The van der Waals surface area contributed by atoms with Crippen LogP contribution in [0.25, 0.3) is 11.0 Å². The Hall–Kier alpha value is -2.61. The van der Waals surface area contributed by atoms with Crippen LogP contribution in [0, 0.1) is 0 Å². The van der Waals surface area contributed by atoms with E-state index in [1.807, 2.05) is 6.92 Å². The lowest BCUT2D eigenvalue weighted by Crippen LogP contribution is -2.16. The van der Waals surface area contributed by atoms with Gasteiger partial charge in [-0.25, -0.2) is 8.42 Å². The summed E-state index contributed by atoms with van der Waals surface area (Å²) in [5, 5.41) is 7.64. The summed E-state index contributed by atoms with van der Waals surface area (Å²) in [5.41, 5.74) is 1.69. The Morgan fingerprint density at radius 2 is 2.04 bits per heavy atom. The maximum atomic E-state index is 12.7. The molecule has 25 heavy (non-hydrogen) atoms. The fraction of sp³-hybridized carbons (Fsp3) is 0.294. The maximum Gasteiger partial charge on any atom is 0.292 e. The topological polar surface area (TPSA) is 94.2 Å². The number of benzene rings is 1. The normalized spacial score (nSPS) is 11.8. The molecule has 1 N–H and O–H groups in total. The van der Waals surface area contributed by atoms with Crippen LogP contribution in [0.3, 0.4) is 0 Å². The lowest BCUT2D eigenvalue weighted by Gasteiger charge is -2.05. The second-order valence-corrected chi connectivity index (χ2v) is 8.07. The summed E-state index contributed by atoms with van der Waals surface area (Å²) in [5.74, 6) is -0.239. The number of carbonyl (C=O) groups excluding carboxylic acids is 1. The van der Waals surface area contributed by atoms with Crippen LogP contribution in [-0.2, 0) is 29.1 Å². The average Bonchev–Trinajstić information content (AvgIpc) is 3.07. The smallest absolute Gasteiger partial charge is 0.292 e. The van der Waals surface area contributed by atoms with E-state index in [1.54, 1.807) is 42.1 Å². The zero-order valence-corrected chi connectivity index (χ0v) is 15.1. The highest BCUT2D eigenvalue weighted by molar-refractivity contribution is 7.89. The van der Waals surface area contributed by atoms with Gasteiger partial charge in [0.25, 0.3) is 5.91 Å². The molecule has 3 rings (SSSR count). The molecule has 1 amide bonds. The summed E-state index contributed by atoms with van der Waals surface area (Å²) in [4.78, 5) is 12.7. The Labute approximate surface area is 145 Å². The third kappa shape index (κ3) is 3.58. The quantitative estimate of drug-likeness (QED) is 0.753.